The zero-order valence-electron chi connectivity index (χ0n) is 19.7. The van der Waals surface area contributed by atoms with Crippen LogP contribution in [0.1, 0.15) is 89.2 Å². The normalized spacial score (nSPS) is 30.8. The summed E-state index contributed by atoms with van der Waals surface area (Å²) >= 11 is 0. The van der Waals surface area contributed by atoms with Gasteiger partial charge in [0.2, 0.25) is 0 Å². The van der Waals surface area contributed by atoms with Gasteiger partial charge in [-0.3, -0.25) is 14.4 Å². The van der Waals surface area contributed by atoms with Gasteiger partial charge in [0.1, 0.15) is 11.5 Å². The molecule has 2 saturated carbocycles. The Morgan fingerprint density at radius 2 is 1.91 bits per heavy atom. The summed E-state index contributed by atoms with van der Waals surface area (Å²) in [5.41, 5.74) is 2.56. The first-order chi connectivity index (χ1) is 15.3. The highest BCUT2D eigenvalue weighted by Gasteiger charge is 2.56. The van der Waals surface area contributed by atoms with Gasteiger partial charge in [-0.25, -0.2) is 0 Å². The van der Waals surface area contributed by atoms with Gasteiger partial charge in [-0.05, 0) is 85.5 Å². The third-order valence-corrected chi connectivity index (χ3v) is 8.37. The summed E-state index contributed by atoms with van der Waals surface area (Å²) in [6, 6.07) is 6.16. The first kappa shape index (κ1) is 23.0. The molecule has 4 rings (SSSR count). The first-order valence-corrected chi connectivity index (χ1v) is 12.3. The maximum atomic E-state index is 12.8. The lowest BCUT2D eigenvalue weighted by atomic mass is 9.52. The molecular formula is C27H36O5. The summed E-state index contributed by atoms with van der Waals surface area (Å²) in [5.74, 6) is 2.63. The van der Waals surface area contributed by atoms with Crippen molar-refractivity contribution >= 4 is 17.7 Å². The minimum absolute atomic E-state index is 0.149. The van der Waals surface area contributed by atoms with Gasteiger partial charge in [-0.2, -0.15) is 0 Å². The van der Waals surface area contributed by atoms with E-state index < -0.39 is 0 Å². The van der Waals surface area contributed by atoms with E-state index in [-0.39, 0.29) is 17.4 Å². The van der Waals surface area contributed by atoms with Gasteiger partial charge in [0.25, 0.3) is 0 Å². The standard InChI is InChI=1S/C27H36O5/c1-17(28)31-14-6-4-5-7-19-15-20-16-21(32-18(2)29)8-9-22(20)23-12-13-27(3)24(26(19)23)10-11-25(27)30/h8-9,16,19,23-24,26H,4-7,10-15H2,1-3H3/t19-,23-,24+,26-,27+/m1/s1. The monoisotopic (exact) mass is 440 g/mol. The van der Waals surface area contributed by atoms with Gasteiger partial charge in [-0.1, -0.05) is 25.8 Å². The molecule has 0 bridgehead atoms. The van der Waals surface area contributed by atoms with Crippen LogP contribution in [-0.2, 0) is 25.5 Å². The molecule has 0 N–H and O–H groups in total. The second kappa shape index (κ2) is 9.36. The number of hydrogen-bond donors (Lipinski definition) is 0. The molecule has 0 unspecified atom stereocenters. The molecule has 5 heteroatoms. The van der Waals surface area contributed by atoms with Crippen LogP contribution in [0.25, 0.3) is 0 Å². The number of hydrogen-bond acceptors (Lipinski definition) is 5. The predicted octanol–water partition coefficient (Wildman–Crippen LogP) is 5.39. The molecular weight excluding hydrogens is 404 g/mol. The summed E-state index contributed by atoms with van der Waals surface area (Å²) in [5, 5.41) is 0. The molecule has 32 heavy (non-hydrogen) atoms. The number of Topliss-reactive ketones (excluding diaryl/α,β-unsaturated/α-hetero) is 1. The fourth-order valence-electron chi connectivity index (χ4n) is 6.95. The Bertz CT molecular complexity index is 890. The molecule has 1 aromatic rings. The van der Waals surface area contributed by atoms with Crippen LogP contribution in [0.15, 0.2) is 18.2 Å². The van der Waals surface area contributed by atoms with E-state index in [1.54, 1.807) is 0 Å². The minimum Gasteiger partial charge on any atom is -0.466 e. The fourth-order valence-corrected chi connectivity index (χ4v) is 6.95. The van der Waals surface area contributed by atoms with Gasteiger partial charge in [0.05, 0.1) is 6.61 Å². The molecule has 0 aromatic heterocycles. The molecule has 3 aliphatic rings. The smallest absolute Gasteiger partial charge is 0.308 e. The topological polar surface area (TPSA) is 69.7 Å². The molecule has 3 aliphatic carbocycles. The van der Waals surface area contributed by atoms with Gasteiger partial charge in [0.15, 0.2) is 0 Å². The molecule has 0 spiro atoms. The predicted molar refractivity (Wildman–Crippen MR) is 121 cm³/mol. The van der Waals surface area contributed by atoms with Crippen LogP contribution in [0, 0.1) is 23.2 Å². The summed E-state index contributed by atoms with van der Waals surface area (Å²) in [6.45, 7) is 5.61. The first-order valence-electron chi connectivity index (χ1n) is 12.3. The van der Waals surface area contributed by atoms with Crippen LogP contribution >= 0.6 is 0 Å². The Hall–Kier alpha value is -2.17. The third-order valence-electron chi connectivity index (χ3n) is 8.37. The van der Waals surface area contributed by atoms with E-state index in [1.807, 2.05) is 6.07 Å². The Kier molecular flexibility index (Phi) is 6.73. The zero-order chi connectivity index (χ0) is 22.9. The van der Waals surface area contributed by atoms with Crippen molar-refractivity contribution in [1.29, 1.82) is 0 Å². The van der Waals surface area contributed by atoms with Crippen molar-refractivity contribution in [2.45, 2.75) is 84.5 Å². The maximum Gasteiger partial charge on any atom is 0.308 e. The van der Waals surface area contributed by atoms with Gasteiger partial charge < -0.3 is 9.47 Å². The van der Waals surface area contributed by atoms with E-state index in [4.69, 9.17) is 9.47 Å². The number of carbonyl (C=O) groups is 3. The summed E-state index contributed by atoms with van der Waals surface area (Å²) < 4.78 is 10.4. The van der Waals surface area contributed by atoms with Crippen LogP contribution in [-0.4, -0.2) is 24.3 Å². The van der Waals surface area contributed by atoms with Gasteiger partial charge in [0, 0.05) is 25.7 Å². The Balaban J connectivity index is 1.54. The molecule has 5 nitrogen and oxygen atoms in total. The number of unbranched alkanes of at least 4 members (excludes halogenated alkanes) is 2. The molecule has 1 aromatic carbocycles. The van der Waals surface area contributed by atoms with E-state index in [0.717, 1.165) is 57.8 Å². The number of rotatable bonds is 7. The lowest BCUT2D eigenvalue weighted by molar-refractivity contribution is -0.141. The number of ketones is 1. The number of carbonyl (C=O) groups excluding carboxylic acids is 3. The SMILES string of the molecule is CC(=O)OCCCCC[C@@H]1Cc2cc(OC(C)=O)ccc2[C@H]2CC[C@]3(C)C(=O)CC[C@H]3[C@H]12. The van der Waals surface area contributed by atoms with Crippen molar-refractivity contribution in [2.24, 2.45) is 23.2 Å². The van der Waals surface area contributed by atoms with Crippen molar-refractivity contribution in [1.82, 2.24) is 0 Å². The Labute approximate surface area is 191 Å². The molecule has 0 amide bonds. The molecule has 5 atom stereocenters. The maximum absolute atomic E-state index is 12.8. The van der Waals surface area contributed by atoms with Crippen LogP contribution in [0.4, 0.5) is 0 Å². The molecule has 2 fully saturated rings. The van der Waals surface area contributed by atoms with Crippen molar-refractivity contribution in [3.63, 3.8) is 0 Å². The van der Waals surface area contributed by atoms with Crippen molar-refractivity contribution < 1.29 is 23.9 Å². The lowest BCUT2D eigenvalue weighted by Gasteiger charge is -2.51. The van der Waals surface area contributed by atoms with Gasteiger partial charge >= 0.3 is 11.9 Å². The van der Waals surface area contributed by atoms with Crippen LogP contribution in [0.5, 0.6) is 5.75 Å². The van der Waals surface area contributed by atoms with E-state index in [1.165, 1.54) is 25.0 Å². The van der Waals surface area contributed by atoms with Crippen LogP contribution in [0.2, 0.25) is 0 Å². The third kappa shape index (κ3) is 4.49. The Morgan fingerprint density at radius 1 is 1.09 bits per heavy atom. The zero-order valence-corrected chi connectivity index (χ0v) is 19.7. The van der Waals surface area contributed by atoms with E-state index >= 15 is 0 Å². The summed E-state index contributed by atoms with van der Waals surface area (Å²) in [4.78, 5) is 35.2. The van der Waals surface area contributed by atoms with E-state index in [0.29, 0.717) is 41.8 Å². The average molecular weight is 441 g/mol. The van der Waals surface area contributed by atoms with Crippen LogP contribution < -0.4 is 4.74 Å². The van der Waals surface area contributed by atoms with Gasteiger partial charge in [-0.15, -0.1) is 0 Å². The molecule has 174 valence electrons. The minimum atomic E-state index is -0.291. The number of esters is 2. The van der Waals surface area contributed by atoms with E-state index in [9.17, 15) is 14.4 Å². The second-order valence-electron chi connectivity index (χ2n) is 10.3. The highest BCUT2D eigenvalue weighted by atomic mass is 16.5. The summed E-state index contributed by atoms with van der Waals surface area (Å²) in [6.07, 6.45) is 8.96. The van der Waals surface area contributed by atoms with Crippen molar-refractivity contribution in [2.75, 3.05) is 6.61 Å². The van der Waals surface area contributed by atoms with E-state index in [2.05, 4.69) is 19.1 Å². The largest absolute Gasteiger partial charge is 0.466 e. The highest BCUT2D eigenvalue weighted by Crippen LogP contribution is 2.61. The lowest BCUT2D eigenvalue weighted by Crippen LogP contribution is -2.46. The molecule has 0 saturated heterocycles. The van der Waals surface area contributed by atoms with Crippen molar-refractivity contribution in [3.8, 4) is 5.75 Å². The highest BCUT2D eigenvalue weighted by molar-refractivity contribution is 5.87. The molecule has 0 aliphatic heterocycles. The quantitative estimate of drug-likeness (QED) is 0.323. The number of fused-ring (bicyclic) bond motifs is 5. The second-order valence-corrected chi connectivity index (χ2v) is 10.3. The van der Waals surface area contributed by atoms with Crippen molar-refractivity contribution in [3.05, 3.63) is 29.3 Å². The molecule has 0 heterocycles. The fraction of sp³-hybridized carbons (Fsp3) is 0.667. The molecule has 0 radical (unpaired) electrons. The summed E-state index contributed by atoms with van der Waals surface area (Å²) in [7, 11) is 0. The van der Waals surface area contributed by atoms with Crippen LogP contribution in [0.3, 0.4) is 0 Å². The number of ether oxygens (including phenoxy) is 2. The Morgan fingerprint density at radius 3 is 2.66 bits per heavy atom. The average Bonchev–Trinajstić information content (AvgIpc) is 3.04. The number of benzene rings is 1.